The fraction of sp³-hybridized carbons (Fsp3) is 0.389. The minimum atomic E-state index is -0.837. The summed E-state index contributed by atoms with van der Waals surface area (Å²) < 4.78 is 22.6. The van der Waals surface area contributed by atoms with Gasteiger partial charge in [-0.15, -0.1) is 0 Å². The van der Waals surface area contributed by atoms with Crippen molar-refractivity contribution in [3.63, 3.8) is 0 Å². The van der Waals surface area contributed by atoms with E-state index in [1.807, 2.05) is 19.9 Å². The van der Waals surface area contributed by atoms with Gasteiger partial charge in [0.05, 0.1) is 45.9 Å². The molecule has 12 heteroatoms. The molecule has 256 valence electrons. The van der Waals surface area contributed by atoms with Gasteiger partial charge in [0.25, 0.3) is 5.91 Å². The Kier molecular flexibility index (Phi) is 11.5. The third kappa shape index (κ3) is 7.32. The van der Waals surface area contributed by atoms with Crippen LogP contribution >= 0.6 is 0 Å². The van der Waals surface area contributed by atoms with Crippen molar-refractivity contribution in [3.05, 3.63) is 69.4 Å². The number of hydrogen-bond donors (Lipinski definition) is 4. The van der Waals surface area contributed by atoms with Crippen molar-refractivity contribution in [1.29, 1.82) is 0 Å². The van der Waals surface area contributed by atoms with Gasteiger partial charge in [0, 0.05) is 25.1 Å². The lowest BCUT2D eigenvalue weighted by atomic mass is 9.95. The van der Waals surface area contributed by atoms with Crippen LogP contribution in [0.5, 0.6) is 23.0 Å². The number of aryl methyl sites for hydroxylation is 1. The zero-order chi connectivity index (χ0) is 35.1. The van der Waals surface area contributed by atoms with E-state index in [0.717, 1.165) is 11.1 Å². The Bertz CT molecular complexity index is 1760. The largest absolute Gasteiger partial charge is 0.495 e. The van der Waals surface area contributed by atoms with Crippen LogP contribution < -0.4 is 45.6 Å². The monoisotopic (exact) mass is 660 g/mol. The van der Waals surface area contributed by atoms with Crippen molar-refractivity contribution < 1.29 is 33.3 Å². The molecule has 0 heterocycles. The zero-order valence-electron chi connectivity index (χ0n) is 28.7. The zero-order valence-corrected chi connectivity index (χ0v) is 28.7. The van der Waals surface area contributed by atoms with Crippen molar-refractivity contribution >= 4 is 29.1 Å². The molecule has 3 aromatic rings. The SMILES string of the molecule is CC[C@@H](C)[C@H](Nc1ccc2c(cc1=O)[C@@H](NC(C)=O)CCc1cc(OC)c(OC)c(OC)c1-2)C(=O)Nc1cc(C(=O)NC)ccc1OC. The number of benzene rings is 2. The maximum atomic E-state index is 14.0. The fourth-order valence-corrected chi connectivity index (χ4v) is 6.00. The molecule has 1 aliphatic carbocycles. The van der Waals surface area contributed by atoms with Crippen LogP contribution in [0, 0.1) is 5.92 Å². The molecule has 0 saturated heterocycles. The fourth-order valence-electron chi connectivity index (χ4n) is 6.00. The van der Waals surface area contributed by atoms with E-state index in [-0.39, 0.29) is 28.8 Å². The summed E-state index contributed by atoms with van der Waals surface area (Å²) in [4.78, 5) is 52.4. The van der Waals surface area contributed by atoms with E-state index >= 15 is 0 Å². The predicted octanol–water partition coefficient (Wildman–Crippen LogP) is 4.70. The summed E-state index contributed by atoms with van der Waals surface area (Å²) in [5.41, 5.74) is 3.39. The summed E-state index contributed by atoms with van der Waals surface area (Å²) in [6.45, 7) is 5.30. The van der Waals surface area contributed by atoms with E-state index in [4.69, 9.17) is 18.9 Å². The lowest BCUT2D eigenvalue weighted by molar-refractivity contribution is -0.120. The maximum Gasteiger partial charge on any atom is 0.251 e. The first-order valence-corrected chi connectivity index (χ1v) is 15.8. The number of hydrogen-bond acceptors (Lipinski definition) is 9. The Morgan fingerprint density at radius 3 is 2.21 bits per heavy atom. The lowest BCUT2D eigenvalue weighted by Gasteiger charge is -2.24. The molecule has 0 aliphatic heterocycles. The molecule has 0 spiro atoms. The highest BCUT2D eigenvalue weighted by molar-refractivity contribution is 6.01. The average molecular weight is 661 g/mol. The number of rotatable bonds is 12. The average Bonchev–Trinajstić information content (AvgIpc) is 3.33. The van der Waals surface area contributed by atoms with Gasteiger partial charge >= 0.3 is 0 Å². The first kappa shape index (κ1) is 35.6. The summed E-state index contributed by atoms with van der Waals surface area (Å²) >= 11 is 0. The molecule has 4 N–H and O–H groups in total. The highest BCUT2D eigenvalue weighted by Gasteiger charge is 2.31. The second kappa shape index (κ2) is 15.6. The summed E-state index contributed by atoms with van der Waals surface area (Å²) in [5.74, 6) is 0.551. The summed E-state index contributed by atoms with van der Waals surface area (Å²) in [6.07, 6.45) is 1.70. The number of carbonyl (C=O) groups excluding carboxylic acids is 3. The normalized spacial score (nSPS) is 14.5. The van der Waals surface area contributed by atoms with Crippen LogP contribution in [0.15, 0.2) is 47.3 Å². The standard InChI is InChI=1S/C36H44N4O8/c1-9-19(2)32(36(44)40-27-16-22(35(43)37-4)11-15-29(27)45-5)39-26-14-12-23-24(18-28(26)42)25(38-20(3)41)13-10-21-17-30(46-6)33(47-7)34(48-8)31(21)23/h11-12,14-19,25,32H,9-10,13H2,1-8H3,(H,37,43)(H,38,41)(H,39,42)(H,40,44)/t19-,25+,32+/m1/s1. The van der Waals surface area contributed by atoms with E-state index in [0.29, 0.717) is 64.6 Å². The van der Waals surface area contributed by atoms with Crippen LogP contribution in [0.2, 0.25) is 0 Å². The summed E-state index contributed by atoms with van der Waals surface area (Å²) in [7, 11) is 7.61. The van der Waals surface area contributed by atoms with Gasteiger partial charge in [-0.05, 0) is 71.8 Å². The van der Waals surface area contributed by atoms with Gasteiger partial charge in [-0.25, -0.2) is 0 Å². The minimum Gasteiger partial charge on any atom is -0.495 e. The van der Waals surface area contributed by atoms with Crippen molar-refractivity contribution in [3.8, 4) is 34.1 Å². The van der Waals surface area contributed by atoms with Gasteiger partial charge in [-0.1, -0.05) is 26.3 Å². The molecule has 0 saturated carbocycles. The molecule has 4 rings (SSSR count). The first-order chi connectivity index (χ1) is 23.0. The third-order valence-corrected chi connectivity index (χ3v) is 8.67. The minimum absolute atomic E-state index is 0.192. The van der Waals surface area contributed by atoms with Crippen molar-refractivity contribution in [1.82, 2.24) is 10.6 Å². The molecular weight excluding hydrogens is 616 g/mol. The van der Waals surface area contributed by atoms with Gasteiger partial charge in [-0.2, -0.15) is 0 Å². The highest BCUT2D eigenvalue weighted by Crippen LogP contribution is 2.50. The van der Waals surface area contributed by atoms with Gasteiger partial charge in [0.15, 0.2) is 11.5 Å². The maximum absolute atomic E-state index is 14.0. The van der Waals surface area contributed by atoms with E-state index < -0.39 is 18.0 Å². The van der Waals surface area contributed by atoms with Crippen LogP contribution in [0.4, 0.5) is 11.4 Å². The van der Waals surface area contributed by atoms with Gasteiger partial charge < -0.3 is 40.2 Å². The smallest absolute Gasteiger partial charge is 0.251 e. The molecule has 3 atom stereocenters. The molecule has 1 aliphatic rings. The molecule has 0 radical (unpaired) electrons. The number of carbonyl (C=O) groups is 3. The van der Waals surface area contributed by atoms with Crippen LogP contribution in [0.3, 0.4) is 0 Å². The summed E-state index contributed by atoms with van der Waals surface area (Å²) in [5, 5.41) is 11.7. The molecule has 0 aromatic heterocycles. The molecular formula is C36H44N4O8. The van der Waals surface area contributed by atoms with Gasteiger partial charge in [0.2, 0.25) is 23.0 Å². The van der Waals surface area contributed by atoms with E-state index in [9.17, 15) is 19.2 Å². The molecule has 48 heavy (non-hydrogen) atoms. The van der Waals surface area contributed by atoms with Crippen LogP contribution in [-0.2, 0) is 16.0 Å². The molecule has 0 bridgehead atoms. The number of anilines is 2. The first-order valence-electron chi connectivity index (χ1n) is 15.8. The van der Waals surface area contributed by atoms with Crippen molar-refractivity contribution in [2.45, 2.75) is 52.1 Å². The molecule has 0 unspecified atom stereocenters. The Morgan fingerprint density at radius 1 is 0.896 bits per heavy atom. The van der Waals surface area contributed by atoms with Crippen LogP contribution in [0.25, 0.3) is 11.1 Å². The second-order valence-electron chi connectivity index (χ2n) is 11.6. The predicted molar refractivity (Wildman–Crippen MR) is 185 cm³/mol. The number of nitrogens with one attached hydrogen (secondary N) is 4. The van der Waals surface area contributed by atoms with E-state index in [2.05, 4.69) is 21.3 Å². The number of fused-ring (bicyclic) bond motifs is 3. The van der Waals surface area contributed by atoms with Crippen LogP contribution in [0.1, 0.15) is 61.1 Å². The van der Waals surface area contributed by atoms with Gasteiger partial charge in [-0.3, -0.25) is 19.2 Å². The van der Waals surface area contributed by atoms with Crippen LogP contribution in [-0.4, -0.2) is 59.3 Å². The molecule has 12 nitrogen and oxygen atoms in total. The number of amides is 3. The molecule has 0 fully saturated rings. The lowest BCUT2D eigenvalue weighted by Crippen LogP contribution is -2.40. The Labute approximate surface area is 280 Å². The highest BCUT2D eigenvalue weighted by atomic mass is 16.5. The molecule has 3 amide bonds. The Balaban J connectivity index is 1.84. The molecule has 3 aromatic carbocycles. The van der Waals surface area contributed by atoms with E-state index in [1.54, 1.807) is 31.4 Å². The van der Waals surface area contributed by atoms with E-state index in [1.165, 1.54) is 47.4 Å². The Hall–Kier alpha value is -5.26. The quantitative estimate of drug-likeness (QED) is 0.217. The summed E-state index contributed by atoms with van der Waals surface area (Å²) in [6, 6.07) is 10.3. The topological polar surface area (TPSA) is 153 Å². The number of methoxy groups -OCH3 is 4. The third-order valence-electron chi connectivity index (χ3n) is 8.67. The van der Waals surface area contributed by atoms with Gasteiger partial charge in [0.1, 0.15) is 11.8 Å². The Morgan fingerprint density at radius 2 is 1.60 bits per heavy atom. The number of ether oxygens (including phenoxy) is 4. The second-order valence-corrected chi connectivity index (χ2v) is 11.6. The van der Waals surface area contributed by atoms with Crippen molar-refractivity contribution in [2.75, 3.05) is 46.1 Å². The van der Waals surface area contributed by atoms with Crippen molar-refractivity contribution in [2.24, 2.45) is 5.92 Å².